The maximum atomic E-state index is 14.7. The Morgan fingerprint density at radius 1 is 0.934 bits per heavy atom. The van der Waals surface area contributed by atoms with Crippen molar-refractivity contribution >= 4 is 17.7 Å². The van der Waals surface area contributed by atoms with Crippen LogP contribution < -0.4 is 5.32 Å². The third-order valence-electron chi connectivity index (χ3n) is 15.7. The lowest BCUT2D eigenvalue weighted by Gasteiger charge is -2.55. The molecule has 0 aromatic carbocycles. The molecule has 13 nitrogen and oxygen atoms in total. The van der Waals surface area contributed by atoms with E-state index in [2.05, 4.69) is 31.1 Å². The van der Waals surface area contributed by atoms with Gasteiger partial charge >= 0.3 is 5.97 Å². The van der Waals surface area contributed by atoms with Crippen LogP contribution in [0.1, 0.15) is 144 Å². The van der Waals surface area contributed by atoms with Gasteiger partial charge in [0, 0.05) is 42.5 Å². The number of ketones is 1. The first kappa shape index (κ1) is 47.7. The van der Waals surface area contributed by atoms with E-state index in [0.29, 0.717) is 63.4 Å². The predicted octanol–water partition coefficient (Wildman–Crippen LogP) is 7.02. The number of carboxylic acids is 1. The minimum absolute atomic E-state index is 0.0269. The average molecular weight is 855 g/mol. The van der Waals surface area contributed by atoms with Crippen molar-refractivity contribution < 1.29 is 53.4 Å². The summed E-state index contributed by atoms with van der Waals surface area (Å²) in [6, 6.07) is 2.71. The van der Waals surface area contributed by atoms with Crippen molar-refractivity contribution in [3.8, 4) is 0 Å². The van der Waals surface area contributed by atoms with E-state index in [1.54, 1.807) is 25.3 Å². The summed E-state index contributed by atoms with van der Waals surface area (Å²) in [5.41, 5.74) is -1.33. The highest BCUT2D eigenvalue weighted by Gasteiger charge is 2.63. The molecule has 13 heteroatoms. The number of carbonyl (C=O) groups is 3. The van der Waals surface area contributed by atoms with Crippen molar-refractivity contribution in [2.24, 2.45) is 41.4 Å². The number of hydrogen-bond acceptors (Lipinski definition) is 11. The van der Waals surface area contributed by atoms with Crippen LogP contribution >= 0.6 is 0 Å². The van der Waals surface area contributed by atoms with Gasteiger partial charge < -0.3 is 44.3 Å². The molecule has 5 aliphatic rings. The number of nitrogens with zero attached hydrogens (tertiary/aromatic N) is 1. The first-order valence-corrected chi connectivity index (χ1v) is 23.2. The molecule has 2 spiro atoms. The third kappa shape index (κ3) is 9.27. The average Bonchev–Trinajstić information content (AvgIpc) is 3.58. The number of aliphatic carboxylic acids is 1. The Balaban J connectivity index is 1.25. The molecule has 4 saturated heterocycles. The molecule has 18 atom stereocenters. The van der Waals surface area contributed by atoms with Crippen LogP contribution in [0.4, 0.5) is 0 Å². The Kier molecular flexibility index (Phi) is 14.7. The molecule has 1 aromatic heterocycles. The van der Waals surface area contributed by atoms with Gasteiger partial charge in [0.25, 0.3) is 5.91 Å². The first-order chi connectivity index (χ1) is 28.8. The Morgan fingerprint density at radius 3 is 2.28 bits per heavy atom. The molecule has 4 fully saturated rings. The van der Waals surface area contributed by atoms with Crippen molar-refractivity contribution in [3.63, 3.8) is 0 Å². The topological polar surface area (TPSA) is 183 Å². The van der Waals surface area contributed by atoms with Gasteiger partial charge in [0.15, 0.2) is 11.6 Å². The highest BCUT2D eigenvalue weighted by Crippen LogP contribution is 2.54. The number of pyridine rings is 1. The molecular weight excluding hydrogens is 781 g/mol. The van der Waals surface area contributed by atoms with E-state index in [-0.39, 0.29) is 35.5 Å². The molecule has 0 aliphatic carbocycles. The summed E-state index contributed by atoms with van der Waals surface area (Å²) < 4.78 is 34.5. The van der Waals surface area contributed by atoms with Gasteiger partial charge in [-0.2, -0.15) is 0 Å². The maximum Gasteiger partial charge on any atom is 0.309 e. The van der Waals surface area contributed by atoms with Gasteiger partial charge in [0.2, 0.25) is 0 Å². The summed E-state index contributed by atoms with van der Waals surface area (Å²) in [6.45, 7) is 19.6. The molecule has 4 N–H and O–H groups in total. The second-order valence-corrected chi connectivity index (χ2v) is 19.7. The first-order valence-electron chi connectivity index (χ1n) is 23.2. The molecule has 6 rings (SSSR count). The van der Waals surface area contributed by atoms with Gasteiger partial charge in [-0.05, 0) is 102 Å². The second kappa shape index (κ2) is 18.7. The molecule has 6 heterocycles. The number of nitrogens with one attached hydrogen (secondary N) is 1. The highest BCUT2D eigenvalue weighted by molar-refractivity contribution is 5.94. The van der Waals surface area contributed by atoms with Crippen molar-refractivity contribution in [3.05, 3.63) is 42.2 Å². The quantitative estimate of drug-likeness (QED) is 0.141. The largest absolute Gasteiger partial charge is 0.481 e. The number of carbonyl (C=O) groups excluding carboxylic acids is 2. The number of hydrogen-bond donors (Lipinski definition) is 4. The van der Waals surface area contributed by atoms with E-state index in [1.165, 1.54) is 6.20 Å². The number of carboxylic acid groups (broad SMARTS) is 1. The number of Topliss-reactive ketones (excluding diaryl/α,β-unsaturated/α-hetero) is 1. The number of ether oxygens (including phenoxy) is 5. The summed E-state index contributed by atoms with van der Waals surface area (Å²) in [7, 11) is 0. The van der Waals surface area contributed by atoms with Gasteiger partial charge in [-0.15, -0.1) is 0 Å². The lowest BCUT2D eigenvalue weighted by Crippen LogP contribution is -2.65. The number of aromatic nitrogens is 1. The Labute approximate surface area is 363 Å². The van der Waals surface area contributed by atoms with Crippen molar-refractivity contribution in [1.29, 1.82) is 0 Å². The summed E-state index contributed by atoms with van der Waals surface area (Å²) in [6.07, 6.45) is 9.55. The van der Waals surface area contributed by atoms with E-state index in [1.807, 2.05) is 53.7 Å². The molecule has 61 heavy (non-hydrogen) atoms. The van der Waals surface area contributed by atoms with Crippen molar-refractivity contribution in [1.82, 2.24) is 10.3 Å². The number of aliphatic hydroxyl groups is 2. The summed E-state index contributed by atoms with van der Waals surface area (Å²) in [4.78, 5) is 44.5. The third-order valence-corrected chi connectivity index (χ3v) is 15.7. The lowest BCUT2D eigenvalue weighted by atomic mass is 9.72. The van der Waals surface area contributed by atoms with E-state index in [4.69, 9.17) is 23.7 Å². The standard InChI is InChI=1S/C48H74N2O11/c1-11-34(44(54)55)36-17-16-27(4)41(58-36)31(8)39(51)30(7)40(52)35(12-2)42-28(5)25-29(6)47(59-42)21-18-37(50-43(53)33-15-14-24-49-26-33)48(61-47)23-22-45(10,60-48)38-19-20-46(56,13-3)32(9)57-38/h14-15,18,21,24,26-32,34-39,41-42,51,56H,11-13,16-17,19-20,22-23,25H2,1-10H3,(H,50,53)(H,54,55)/t27-,28-,29+,30-,31-,32-,34+,35-,36+,37-,38+,39+,41+,42-,45-,46+,47-,48-/m0/s1. The molecule has 0 bridgehead atoms. The van der Waals surface area contributed by atoms with Crippen LogP contribution in [0.15, 0.2) is 36.7 Å². The monoisotopic (exact) mass is 855 g/mol. The fraction of sp³-hybridized carbons (Fsp3) is 0.792. The van der Waals surface area contributed by atoms with Crippen molar-refractivity contribution in [2.75, 3.05) is 0 Å². The van der Waals surface area contributed by atoms with Crippen LogP contribution in [0.2, 0.25) is 0 Å². The van der Waals surface area contributed by atoms with Crippen LogP contribution in [0.5, 0.6) is 0 Å². The highest BCUT2D eigenvalue weighted by atomic mass is 16.8. The molecule has 1 amide bonds. The van der Waals surface area contributed by atoms with Crippen LogP contribution in [0.3, 0.4) is 0 Å². The van der Waals surface area contributed by atoms with E-state index < -0.39 is 89.0 Å². The number of rotatable bonds is 14. The molecule has 342 valence electrons. The maximum absolute atomic E-state index is 14.7. The second-order valence-electron chi connectivity index (χ2n) is 19.7. The summed E-state index contributed by atoms with van der Waals surface area (Å²) in [5.74, 6) is -6.41. The predicted molar refractivity (Wildman–Crippen MR) is 228 cm³/mol. The van der Waals surface area contributed by atoms with E-state index in [9.17, 15) is 29.7 Å². The Hall–Kier alpha value is -2.78. The van der Waals surface area contributed by atoms with Crippen LogP contribution in [0.25, 0.3) is 0 Å². The minimum Gasteiger partial charge on any atom is -0.481 e. The molecule has 0 unspecified atom stereocenters. The Morgan fingerprint density at radius 2 is 1.66 bits per heavy atom. The number of amides is 1. The minimum atomic E-state index is -1.36. The summed E-state index contributed by atoms with van der Waals surface area (Å²) in [5, 5.41) is 36.1. The van der Waals surface area contributed by atoms with Crippen LogP contribution in [-0.4, -0.2) is 103 Å². The van der Waals surface area contributed by atoms with Gasteiger partial charge in [0.1, 0.15) is 11.8 Å². The van der Waals surface area contributed by atoms with Gasteiger partial charge in [-0.3, -0.25) is 19.4 Å². The summed E-state index contributed by atoms with van der Waals surface area (Å²) >= 11 is 0. The zero-order valence-corrected chi connectivity index (χ0v) is 38.2. The smallest absolute Gasteiger partial charge is 0.309 e. The lowest BCUT2D eigenvalue weighted by molar-refractivity contribution is -0.397. The van der Waals surface area contributed by atoms with E-state index >= 15 is 0 Å². The Bertz CT molecular complexity index is 1730. The van der Waals surface area contributed by atoms with Crippen LogP contribution in [-0.2, 0) is 33.3 Å². The van der Waals surface area contributed by atoms with Crippen LogP contribution in [0, 0.1) is 41.4 Å². The van der Waals surface area contributed by atoms with Crippen molar-refractivity contribution in [2.45, 2.75) is 199 Å². The normalized spacial score (nSPS) is 41.5. The molecule has 1 aromatic rings. The fourth-order valence-electron chi connectivity index (χ4n) is 11.4. The SMILES string of the molecule is CC[C@@H](C(=O)[C@@H](C)[C@@H](O)[C@H](C)[C@@H]1O[C@@H]([C@@H](CC)C(=O)O)CC[C@@H]1C)[C@H]1O[C@]2(C=C[C@H](NC(=O)c3cccnc3)[C@]3(CC[C@@](C)([C@H]4CC[C@](O)(CC)[C@H](C)O4)O3)O2)[C@H](C)C[C@@H]1C. The molecule has 5 aliphatic heterocycles. The molecule has 0 radical (unpaired) electrons. The van der Waals surface area contributed by atoms with Gasteiger partial charge in [0.05, 0.1) is 59.3 Å². The fourth-order valence-corrected chi connectivity index (χ4v) is 11.4. The van der Waals surface area contributed by atoms with Gasteiger partial charge in [-0.1, -0.05) is 61.5 Å². The van der Waals surface area contributed by atoms with E-state index in [0.717, 1.165) is 6.42 Å². The van der Waals surface area contributed by atoms with Gasteiger partial charge in [-0.25, -0.2) is 0 Å². The zero-order chi connectivity index (χ0) is 44.7. The zero-order valence-electron chi connectivity index (χ0n) is 38.2. The molecular formula is C48H74N2O11. The molecule has 0 saturated carbocycles. The number of aliphatic hydroxyl groups excluding tert-OH is 1.